The van der Waals surface area contributed by atoms with Crippen molar-refractivity contribution in [3.63, 3.8) is 0 Å². The van der Waals surface area contributed by atoms with Gasteiger partial charge in [0.2, 0.25) is 5.91 Å². The summed E-state index contributed by atoms with van der Waals surface area (Å²) in [7, 11) is 1.98. The second-order valence-electron chi connectivity index (χ2n) is 9.48. The first-order valence-corrected chi connectivity index (χ1v) is 11.2. The lowest BCUT2D eigenvalue weighted by molar-refractivity contribution is -0.158. The molecular weight excluding hydrogens is 378 g/mol. The van der Waals surface area contributed by atoms with E-state index < -0.39 is 0 Å². The first-order valence-electron chi connectivity index (χ1n) is 11.2. The number of likely N-dealkylation sites (tertiary alicyclic amines) is 1. The van der Waals surface area contributed by atoms with E-state index in [1.54, 1.807) is 0 Å². The number of aromatic nitrogens is 1. The zero-order valence-corrected chi connectivity index (χ0v) is 18.1. The van der Waals surface area contributed by atoms with Crippen LogP contribution in [-0.4, -0.2) is 64.6 Å². The smallest absolute Gasteiger partial charge is 0.256 e. The van der Waals surface area contributed by atoms with Gasteiger partial charge < -0.3 is 19.1 Å². The van der Waals surface area contributed by atoms with Gasteiger partial charge in [-0.1, -0.05) is 18.2 Å². The first-order chi connectivity index (χ1) is 14.4. The summed E-state index contributed by atoms with van der Waals surface area (Å²) in [6, 6.07) is 8.05. The number of nitrogens with zero attached hydrogens (tertiary/aromatic N) is 3. The van der Waals surface area contributed by atoms with Crippen molar-refractivity contribution in [1.82, 2.24) is 14.4 Å². The van der Waals surface area contributed by atoms with Crippen molar-refractivity contribution in [2.45, 2.75) is 38.9 Å². The van der Waals surface area contributed by atoms with Crippen LogP contribution in [0.15, 0.2) is 30.5 Å². The predicted octanol–water partition coefficient (Wildman–Crippen LogP) is 2.91. The maximum absolute atomic E-state index is 13.4. The third-order valence-corrected chi connectivity index (χ3v) is 7.34. The number of hydrogen-bond donors (Lipinski definition) is 0. The topological polar surface area (TPSA) is 54.8 Å². The molecule has 2 aromatic rings. The van der Waals surface area contributed by atoms with Crippen LogP contribution in [-0.2, 0) is 16.6 Å². The Morgan fingerprint density at radius 2 is 1.77 bits per heavy atom. The van der Waals surface area contributed by atoms with Gasteiger partial charge in [0.1, 0.15) is 0 Å². The average Bonchev–Trinajstić information content (AvgIpc) is 3.04. The summed E-state index contributed by atoms with van der Waals surface area (Å²) in [6.07, 6.45) is 4.09. The molecule has 5 rings (SSSR count). The molecule has 1 saturated carbocycles. The maximum Gasteiger partial charge on any atom is 0.256 e. The Kier molecular flexibility index (Phi) is 4.85. The number of piperidine rings is 1. The second-order valence-corrected chi connectivity index (χ2v) is 9.48. The highest BCUT2D eigenvalue weighted by atomic mass is 16.5. The Balaban J connectivity index is 1.31. The SMILES string of the molecule is C[C@@H]1CN(C(=O)[C@@H]2C[C@H]3CCN(C(=O)c4cn(C)c5ccccc45)C[C@H]32)C[C@H](C)O1. The van der Waals surface area contributed by atoms with Gasteiger partial charge in [0, 0.05) is 56.2 Å². The standard InChI is InChI=1S/C24H31N3O3/c1-15-11-27(12-16(2)30-15)23(28)19-10-17-8-9-26(14-20(17)19)24(29)21-13-25(3)22-7-5-4-6-18(21)22/h4-7,13,15-17,19-20H,8-12,14H2,1-3H3/t15-,16+,17-,19-,20-/m1/s1. The normalized spacial score (nSPS) is 31.4. The summed E-state index contributed by atoms with van der Waals surface area (Å²) >= 11 is 0. The Bertz CT molecular complexity index is 973. The fourth-order valence-corrected chi connectivity index (χ4v) is 5.83. The Morgan fingerprint density at radius 3 is 2.53 bits per heavy atom. The van der Waals surface area contributed by atoms with Crippen molar-refractivity contribution < 1.29 is 14.3 Å². The van der Waals surface area contributed by atoms with E-state index >= 15 is 0 Å². The summed E-state index contributed by atoms with van der Waals surface area (Å²) in [5.41, 5.74) is 1.84. The molecule has 0 unspecified atom stereocenters. The number of rotatable bonds is 2. The van der Waals surface area contributed by atoms with Gasteiger partial charge in [0.05, 0.1) is 17.8 Å². The first kappa shape index (κ1) is 19.6. The number of hydrogen-bond acceptors (Lipinski definition) is 3. The van der Waals surface area contributed by atoms with Crippen molar-refractivity contribution in [2.24, 2.45) is 24.8 Å². The fourth-order valence-electron chi connectivity index (χ4n) is 5.83. The molecule has 1 aromatic heterocycles. The van der Waals surface area contributed by atoms with Crippen LogP contribution < -0.4 is 0 Å². The molecule has 3 heterocycles. The van der Waals surface area contributed by atoms with E-state index in [-0.39, 0.29) is 29.9 Å². The highest BCUT2D eigenvalue weighted by molar-refractivity contribution is 6.07. The molecule has 5 atom stereocenters. The molecular formula is C24H31N3O3. The van der Waals surface area contributed by atoms with Crippen LogP contribution in [0.2, 0.25) is 0 Å². The molecule has 1 aromatic carbocycles. The molecule has 6 nitrogen and oxygen atoms in total. The molecule has 2 amide bonds. The van der Waals surface area contributed by atoms with Crippen LogP contribution in [0.5, 0.6) is 0 Å². The van der Waals surface area contributed by atoms with Gasteiger partial charge in [-0.2, -0.15) is 0 Å². The minimum Gasteiger partial charge on any atom is -0.372 e. The monoisotopic (exact) mass is 409 g/mol. The summed E-state index contributed by atoms with van der Waals surface area (Å²) in [5.74, 6) is 1.27. The number of para-hydroxylation sites is 1. The van der Waals surface area contributed by atoms with E-state index in [0.717, 1.165) is 35.9 Å². The van der Waals surface area contributed by atoms with E-state index in [2.05, 4.69) is 0 Å². The van der Waals surface area contributed by atoms with Crippen LogP contribution in [0.1, 0.15) is 37.0 Å². The van der Waals surface area contributed by atoms with E-state index in [1.807, 2.05) is 65.7 Å². The molecule has 3 fully saturated rings. The van der Waals surface area contributed by atoms with Crippen molar-refractivity contribution in [1.29, 1.82) is 0 Å². The summed E-state index contributed by atoms with van der Waals surface area (Å²) in [6.45, 7) is 6.90. The number of carbonyl (C=O) groups excluding carboxylic acids is 2. The quantitative estimate of drug-likeness (QED) is 0.766. The van der Waals surface area contributed by atoms with Crippen molar-refractivity contribution in [3.8, 4) is 0 Å². The molecule has 0 spiro atoms. The van der Waals surface area contributed by atoms with Gasteiger partial charge >= 0.3 is 0 Å². The third-order valence-electron chi connectivity index (χ3n) is 7.34. The van der Waals surface area contributed by atoms with Gasteiger partial charge in [0.15, 0.2) is 0 Å². The molecule has 30 heavy (non-hydrogen) atoms. The summed E-state index contributed by atoms with van der Waals surface area (Å²) in [5, 5.41) is 1.00. The molecule has 160 valence electrons. The van der Waals surface area contributed by atoms with Crippen LogP contribution in [0.4, 0.5) is 0 Å². The van der Waals surface area contributed by atoms with Crippen LogP contribution in [0, 0.1) is 17.8 Å². The number of benzene rings is 1. The number of amides is 2. The van der Waals surface area contributed by atoms with Crippen molar-refractivity contribution >= 4 is 22.7 Å². The van der Waals surface area contributed by atoms with Crippen LogP contribution in [0.3, 0.4) is 0 Å². The third kappa shape index (κ3) is 3.22. The lowest BCUT2D eigenvalue weighted by Gasteiger charge is -2.52. The Hall–Kier alpha value is -2.34. The van der Waals surface area contributed by atoms with E-state index in [9.17, 15) is 9.59 Å². The summed E-state index contributed by atoms with van der Waals surface area (Å²) < 4.78 is 7.81. The number of aryl methyl sites for hydroxylation is 1. The molecule has 6 heteroatoms. The highest BCUT2D eigenvalue weighted by Crippen LogP contribution is 2.47. The largest absolute Gasteiger partial charge is 0.372 e. The van der Waals surface area contributed by atoms with Crippen molar-refractivity contribution in [3.05, 3.63) is 36.0 Å². The van der Waals surface area contributed by atoms with Gasteiger partial charge in [0.25, 0.3) is 5.91 Å². The zero-order valence-electron chi connectivity index (χ0n) is 18.1. The molecule has 2 aliphatic heterocycles. The van der Waals surface area contributed by atoms with Crippen LogP contribution in [0.25, 0.3) is 10.9 Å². The zero-order chi connectivity index (χ0) is 21.0. The molecule has 3 aliphatic rings. The summed E-state index contributed by atoms with van der Waals surface area (Å²) in [4.78, 5) is 30.6. The van der Waals surface area contributed by atoms with Gasteiger partial charge in [-0.05, 0) is 44.6 Å². The van der Waals surface area contributed by atoms with Gasteiger partial charge in [-0.3, -0.25) is 9.59 Å². The Morgan fingerprint density at radius 1 is 1.03 bits per heavy atom. The minimum absolute atomic E-state index is 0.0515. The Labute approximate surface area is 177 Å². The molecule has 0 N–H and O–H groups in total. The predicted molar refractivity (Wildman–Crippen MR) is 115 cm³/mol. The maximum atomic E-state index is 13.4. The van der Waals surface area contributed by atoms with Gasteiger partial charge in [-0.15, -0.1) is 0 Å². The molecule has 0 bridgehead atoms. The number of carbonyl (C=O) groups is 2. The lowest BCUT2D eigenvalue weighted by Crippen LogP contribution is -2.58. The fraction of sp³-hybridized carbons (Fsp3) is 0.583. The van der Waals surface area contributed by atoms with E-state index in [0.29, 0.717) is 31.5 Å². The highest BCUT2D eigenvalue weighted by Gasteiger charge is 2.50. The number of morpholine rings is 1. The molecule has 0 radical (unpaired) electrons. The van der Waals surface area contributed by atoms with E-state index in [1.165, 1.54) is 0 Å². The lowest BCUT2D eigenvalue weighted by atomic mass is 9.61. The number of fused-ring (bicyclic) bond motifs is 2. The van der Waals surface area contributed by atoms with Crippen molar-refractivity contribution in [2.75, 3.05) is 26.2 Å². The van der Waals surface area contributed by atoms with Gasteiger partial charge in [-0.25, -0.2) is 0 Å². The minimum atomic E-state index is 0.0515. The average molecular weight is 410 g/mol. The van der Waals surface area contributed by atoms with E-state index in [4.69, 9.17) is 4.74 Å². The molecule has 1 aliphatic carbocycles. The second kappa shape index (κ2) is 7.41. The van der Waals surface area contributed by atoms with Crippen LogP contribution >= 0.6 is 0 Å². The number of ether oxygens (including phenoxy) is 1. The molecule has 2 saturated heterocycles.